The molecule has 1 unspecified atom stereocenters. The first-order valence-corrected chi connectivity index (χ1v) is 7.35. The highest BCUT2D eigenvalue weighted by Gasteiger charge is 2.60. The highest BCUT2D eigenvalue weighted by atomic mass is 16.2. The molecule has 21 heavy (non-hydrogen) atoms. The molecule has 5 heteroatoms. The number of hydrogen-bond acceptors (Lipinski definition) is 3. The maximum Gasteiger partial charge on any atom is 0.325 e. The normalized spacial score (nSPS) is 28.0. The summed E-state index contributed by atoms with van der Waals surface area (Å²) in [6.07, 6.45) is 0.635. The Hall–Kier alpha value is -1.88. The Balaban J connectivity index is 1.88. The van der Waals surface area contributed by atoms with E-state index in [-0.39, 0.29) is 17.4 Å². The van der Waals surface area contributed by atoms with Crippen LogP contribution in [0.25, 0.3) is 0 Å². The minimum absolute atomic E-state index is 0.0946. The number of piperidine rings is 1. The predicted molar refractivity (Wildman–Crippen MR) is 79.5 cm³/mol. The molecule has 2 saturated heterocycles. The molecule has 2 heterocycles. The van der Waals surface area contributed by atoms with Crippen LogP contribution in [0.4, 0.5) is 4.79 Å². The molecule has 2 aliphatic heterocycles. The quantitative estimate of drug-likeness (QED) is 0.810. The van der Waals surface area contributed by atoms with E-state index in [0.717, 1.165) is 18.7 Å². The van der Waals surface area contributed by atoms with Crippen LogP contribution in [0.1, 0.15) is 25.8 Å². The van der Waals surface area contributed by atoms with Gasteiger partial charge in [-0.05, 0) is 18.5 Å². The van der Waals surface area contributed by atoms with Gasteiger partial charge in [-0.15, -0.1) is 0 Å². The molecule has 0 radical (unpaired) electrons. The second kappa shape index (κ2) is 4.84. The summed E-state index contributed by atoms with van der Waals surface area (Å²) >= 11 is 0. The molecule has 0 saturated carbocycles. The van der Waals surface area contributed by atoms with Crippen LogP contribution in [0.3, 0.4) is 0 Å². The average Bonchev–Trinajstić information content (AvgIpc) is 2.69. The molecular weight excluding hydrogens is 266 g/mol. The molecule has 2 aliphatic rings. The van der Waals surface area contributed by atoms with Gasteiger partial charge >= 0.3 is 6.03 Å². The van der Waals surface area contributed by atoms with Crippen molar-refractivity contribution in [2.75, 3.05) is 13.1 Å². The van der Waals surface area contributed by atoms with Gasteiger partial charge in [-0.25, -0.2) is 4.79 Å². The smallest absolute Gasteiger partial charge is 0.322 e. The Morgan fingerprint density at radius 1 is 1.19 bits per heavy atom. The summed E-state index contributed by atoms with van der Waals surface area (Å²) in [6.45, 7) is 5.86. The molecular formula is C16H21N3O2. The lowest BCUT2D eigenvalue weighted by Gasteiger charge is -2.45. The summed E-state index contributed by atoms with van der Waals surface area (Å²) in [5.41, 5.74) is -0.113. The van der Waals surface area contributed by atoms with Gasteiger partial charge in [0, 0.05) is 12.0 Å². The van der Waals surface area contributed by atoms with Crippen LogP contribution >= 0.6 is 0 Å². The number of nitrogens with one attached hydrogen (secondary N) is 2. The summed E-state index contributed by atoms with van der Waals surface area (Å²) in [7, 11) is 0. The van der Waals surface area contributed by atoms with Crippen LogP contribution in [-0.4, -0.2) is 35.5 Å². The highest BCUT2D eigenvalue weighted by Crippen LogP contribution is 2.40. The summed E-state index contributed by atoms with van der Waals surface area (Å²) in [4.78, 5) is 26.6. The van der Waals surface area contributed by atoms with E-state index >= 15 is 0 Å². The number of rotatable bonds is 2. The van der Waals surface area contributed by atoms with Crippen molar-refractivity contribution in [2.45, 2.75) is 32.4 Å². The third-order valence-corrected chi connectivity index (χ3v) is 4.76. The summed E-state index contributed by atoms with van der Waals surface area (Å²) in [5, 5.41) is 6.28. The van der Waals surface area contributed by atoms with Gasteiger partial charge in [0.05, 0.1) is 6.54 Å². The lowest BCUT2D eigenvalue weighted by molar-refractivity contribution is -0.137. The zero-order chi connectivity index (χ0) is 15.1. The fourth-order valence-corrected chi connectivity index (χ4v) is 3.33. The Morgan fingerprint density at radius 2 is 1.90 bits per heavy atom. The highest BCUT2D eigenvalue weighted by molar-refractivity contribution is 6.07. The van der Waals surface area contributed by atoms with Gasteiger partial charge in [-0.1, -0.05) is 44.2 Å². The van der Waals surface area contributed by atoms with Gasteiger partial charge in [-0.3, -0.25) is 9.69 Å². The van der Waals surface area contributed by atoms with Crippen molar-refractivity contribution in [3.8, 4) is 0 Å². The van der Waals surface area contributed by atoms with E-state index in [0.29, 0.717) is 13.0 Å². The molecule has 3 amide bonds. The van der Waals surface area contributed by atoms with Gasteiger partial charge in [-0.2, -0.15) is 0 Å². The largest absolute Gasteiger partial charge is 0.325 e. The number of benzene rings is 1. The van der Waals surface area contributed by atoms with Crippen LogP contribution < -0.4 is 10.6 Å². The van der Waals surface area contributed by atoms with Gasteiger partial charge < -0.3 is 10.6 Å². The first-order chi connectivity index (χ1) is 9.96. The third-order valence-electron chi connectivity index (χ3n) is 4.76. The molecule has 3 rings (SSSR count). The molecule has 112 valence electrons. The molecule has 2 fully saturated rings. The summed E-state index contributed by atoms with van der Waals surface area (Å²) < 4.78 is 0. The minimum Gasteiger partial charge on any atom is -0.322 e. The van der Waals surface area contributed by atoms with Gasteiger partial charge in [0.2, 0.25) is 0 Å². The Morgan fingerprint density at radius 3 is 2.57 bits per heavy atom. The third kappa shape index (κ3) is 2.12. The fourth-order valence-electron chi connectivity index (χ4n) is 3.33. The van der Waals surface area contributed by atoms with E-state index in [1.807, 2.05) is 44.2 Å². The van der Waals surface area contributed by atoms with E-state index in [1.54, 1.807) is 0 Å². The molecule has 0 bridgehead atoms. The summed E-state index contributed by atoms with van der Waals surface area (Å²) in [5.74, 6) is -0.0946. The van der Waals surface area contributed by atoms with Crippen molar-refractivity contribution < 1.29 is 9.59 Å². The Labute approximate surface area is 124 Å². The number of carbonyl (C=O) groups is 2. The van der Waals surface area contributed by atoms with Gasteiger partial charge in [0.15, 0.2) is 0 Å². The van der Waals surface area contributed by atoms with Gasteiger partial charge in [0.1, 0.15) is 5.54 Å². The molecule has 0 aliphatic carbocycles. The van der Waals surface area contributed by atoms with Gasteiger partial charge in [0.25, 0.3) is 5.91 Å². The van der Waals surface area contributed by atoms with Crippen molar-refractivity contribution in [1.82, 2.24) is 15.5 Å². The molecule has 1 aromatic carbocycles. The average molecular weight is 287 g/mol. The zero-order valence-corrected chi connectivity index (χ0v) is 12.5. The van der Waals surface area contributed by atoms with Crippen LogP contribution in [0.5, 0.6) is 0 Å². The zero-order valence-electron chi connectivity index (χ0n) is 12.5. The topological polar surface area (TPSA) is 61.4 Å². The van der Waals surface area contributed by atoms with Crippen LogP contribution in [0.2, 0.25) is 0 Å². The maximum absolute atomic E-state index is 12.9. The molecule has 0 aromatic heterocycles. The predicted octanol–water partition coefficient (Wildman–Crippen LogP) is 1.50. The van der Waals surface area contributed by atoms with Crippen molar-refractivity contribution >= 4 is 11.9 Å². The van der Waals surface area contributed by atoms with Crippen molar-refractivity contribution in [3.05, 3.63) is 35.9 Å². The molecule has 2 N–H and O–H groups in total. The Kier molecular flexibility index (Phi) is 3.24. The standard InChI is InChI=1S/C16H21N3O2/c1-15(2)11-17-9-8-16(15)13(20)19(14(21)18-16)10-12-6-4-3-5-7-12/h3-7,17H,8-11H2,1-2H3,(H,18,21). The van der Waals surface area contributed by atoms with Crippen molar-refractivity contribution in [2.24, 2.45) is 5.41 Å². The van der Waals surface area contributed by atoms with E-state index in [4.69, 9.17) is 0 Å². The first kappa shape index (κ1) is 14.1. The van der Waals surface area contributed by atoms with Crippen LogP contribution in [0, 0.1) is 5.41 Å². The fraction of sp³-hybridized carbons (Fsp3) is 0.500. The second-order valence-electron chi connectivity index (χ2n) is 6.52. The molecule has 1 aromatic rings. The molecule has 1 atom stereocenters. The van der Waals surface area contributed by atoms with E-state index in [2.05, 4.69) is 10.6 Å². The molecule has 5 nitrogen and oxygen atoms in total. The lowest BCUT2D eigenvalue weighted by Crippen LogP contribution is -2.65. The van der Waals surface area contributed by atoms with Crippen LogP contribution in [0.15, 0.2) is 30.3 Å². The number of amides is 3. The Bertz CT molecular complexity index is 570. The maximum atomic E-state index is 12.9. The molecule has 1 spiro atoms. The number of imide groups is 1. The van der Waals surface area contributed by atoms with Crippen LogP contribution in [-0.2, 0) is 11.3 Å². The number of hydrogen-bond donors (Lipinski definition) is 2. The SMILES string of the molecule is CC1(C)CNCCC12NC(=O)N(Cc1ccccc1)C2=O. The van der Waals surface area contributed by atoms with E-state index in [9.17, 15) is 9.59 Å². The monoisotopic (exact) mass is 287 g/mol. The second-order valence-corrected chi connectivity index (χ2v) is 6.52. The van der Waals surface area contributed by atoms with Crippen molar-refractivity contribution in [1.29, 1.82) is 0 Å². The number of carbonyl (C=O) groups excluding carboxylic acids is 2. The number of nitrogens with zero attached hydrogens (tertiary/aromatic N) is 1. The number of urea groups is 1. The van der Waals surface area contributed by atoms with E-state index in [1.165, 1.54) is 4.90 Å². The van der Waals surface area contributed by atoms with E-state index < -0.39 is 5.54 Å². The summed E-state index contributed by atoms with van der Waals surface area (Å²) in [6, 6.07) is 9.33. The first-order valence-electron chi connectivity index (χ1n) is 7.35. The minimum atomic E-state index is -0.774. The lowest BCUT2D eigenvalue weighted by atomic mass is 9.68. The van der Waals surface area contributed by atoms with Crippen molar-refractivity contribution in [3.63, 3.8) is 0 Å².